The molecule has 1 aromatic heterocycles. The summed E-state index contributed by atoms with van der Waals surface area (Å²) in [6.45, 7) is 0. The van der Waals surface area contributed by atoms with E-state index in [0.29, 0.717) is 10.9 Å². The van der Waals surface area contributed by atoms with Crippen LogP contribution in [-0.4, -0.2) is 16.1 Å². The Morgan fingerprint density at radius 2 is 2.00 bits per heavy atom. The van der Waals surface area contributed by atoms with Crippen molar-refractivity contribution in [2.75, 3.05) is 5.88 Å². The van der Waals surface area contributed by atoms with Crippen LogP contribution in [0.25, 0.3) is 10.6 Å². The fourth-order valence-electron chi connectivity index (χ4n) is 1.18. The van der Waals surface area contributed by atoms with E-state index in [2.05, 4.69) is 10.2 Å². The molecule has 0 aliphatic carbocycles. The summed E-state index contributed by atoms with van der Waals surface area (Å²) in [5.41, 5.74) is 0.928. The van der Waals surface area contributed by atoms with Crippen molar-refractivity contribution in [3.63, 3.8) is 0 Å². The molecule has 78 valence electrons. The van der Waals surface area contributed by atoms with Crippen molar-refractivity contribution in [2.24, 2.45) is 0 Å². The molecule has 0 spiro atoms. The highest BCUT2D eigenvalue weighted by Gasteiger charge is 2.08. The molecule has 0 unspecified atom stereocenters. The molecule has 0 N–H and O–H groups in total. The number of halogens is 2. The summed E-state index contributed by atoms with van der Waals surface area (Å²) in [4.78, 5) is 0. The van der Waals surface area contributed by atoms with Gasteiger partial charge >= 0.3 is 0 Å². The zero-order chi connectivity index (χ0) is 10.7. The Kier molecular flexibility index (Phi) is 3.57. The second-order valence-electron chi connectivity index (χ2n) is 2.92. The maximum atomic E-state index is 6.06. The van der Waals surface area contributed by atoms with Crippen molar-refractivity contribution in [2.45, 2.75) is 6.42 Å². The van der Waals surface area contributed by atoms with Crippen molar-refractivity contribution in [1.29, 1.82) is 0 Å². The van der Waals surface area contributed by atoms with Crippen LogP contribution in [0.1, 0.15) is 5.01 Å². The van der Waals surface area contributed by atoms with E-state index in [0.717, 1.165) is 22.0 Å². The third-order valence-electron chi connectivity index (χ3n) is 1.88. The molecule has 0 aliphatic heterocycles. The molecule has 5 heteroatoms. The Hall–Kier alpha value is -0.640. The molecule has 2 aromatic rings. The van der Waals surface area contributed by atoms with Crippen molar-refractivity contribution in [1.82, 2.24) is 10.2 Å². The molecule has 0 saturated heterocycles. The van der Waals surface area contributed by atoms with E-state index in [1.54, 1.807) is 0 Å². The smallest absolute Gasteiger partial charge is 0.143 e. The van der Waals surface area contributed by atoms with Gasteiger partial charge in [0, 0.05) is 17.9 Å². The predicted molar refractivity (Wildman–Crippen MR) is 64.8 cm³/mol. The topological polar surface area (TPSA) is 25.8 Å². The Morgan fingerprint density at radius 3 is 2.73 bits per heavy atom. The summed E-state index contributed by atoms with van der Waals surface area (Å²) in [5.74, 6) is 0.567. The van der Waals surface area contributed by atoms with Crippen LogP contribution < -0.4 is 0 Å². The normalized spacial score (nSPS) is 10.5. The zero-order valence-electron chi connectivity index (χ0n) is 7.78. The van der Waals surface area contributed by atoms with Crippen LogP contribution in [0.2, 0.25) is 5.02 Å². The van der Waals surface area contributed by atoms with Gasteiger partial charge in [-0.1, -0.05) is 41.1 Å². The highest BCUT2D eigenvalue weighted by molar-refractivity contribution is 7.14. The summed E-state index contributed by atoms with van der Waals surface area (Å²) in [7, 11) is 0. The molecule has 2 rings (SSSR count). The molecule has 0 fully saturated rings. The highest BCUT2D eigenvalue weighted by Crippen LogP contribution is 2.29. The van der Waals surface area contributed by atoms with Crippen molar-refractivity contribution >= 4 is 34.5 Å². The average Bonchev–Trinajstić information content (AvgIpc) is 2.68. The molecular weight excluding hydrogens is 251 g/mol. The van der Waals surface area contributed by atoms with Gasteiger partial charge in [-0.3, -0.25) is 0 Å². The van der Waals surface area contributed by atoms with Crippen molar-refractivity contribution in [3.05, 3.63) is 34.3 Å². The molecule has 1 aromatic carbocycles. The number of nitrogens with zero attached hydrogens (tertiary/aromatic N) is 2. The lowest BCUT2D eigenvalue weighted by Crippen LogP contribution is -1.83. The number of aryl methyl sites for hydroxylation is 1. The fourth-order valence-corrected chi connectivity index (χ4v) is 2.63. The second kappa shape index (κ2) is 4.92. The van der Waals surface area contributed by atoms with Gasteiger partial charge in [0.15, 0.2) is 0 Å². The molecular formula is C10H8Cl2N2S. The standard InChI is InChI=1S/C10H8Cl2N2S/c11-6-5-9-13-14-10(15-9)7-3-1-2-4-8(7)12/h1-4H,5-6H2. The minimum Gasteiger partial charge on any atom is -0.143 e. The summed E-state index contributed by atoms with van der Waals surface area (Å²) in [6, 6.07) is 7.61. The highest BCUT2D eigenvalue weighted by atomic mass is 35.5. The molecule has 0 saturated carbocycles. The molecule has 0 aliphatic rings. The quantitative estimate of drug-likeness (QED) is 0.786. The van der Waals surface area contributed by atoms with E-state index in [9.17, 15) is 0 Å². The molecule has 0 radical (unpaired) electrons. The lowest BCUT2D eigenvalue weighted by molar-refractivity contribution is 0.990. The SMILES string of the molecule is ClCCc1nnc(-c2ccccc2Cl)s1. The molecule has 0 atom stereocenters. The van der Waals surface area contributed by atoms with E-state index in [4.69, 9.17) is 23.2 Å². The first-order valence-corrected chi connectivity index (χ1v) is 6.17. The first-order valence-electron chi connectivity index (χ1n) is 4.44. The van der Waals surface area contributed by atoms with E-state index in [1.165, 1.54) is 11.3 Å². The van der Waals surface area contributed by atoms with Gasteiger partial charge in [0.2, 0.25) is 0 Å². The summed E-state index contributed by atoms with van der Waals surface area (Å²) in [5, 5.41) is 10.6. The van der Waals surface area contributed by atoms with Gasteiger partial charge in [-0.25, -0.2) is 0 Å². The third kappa shape index (κ3) is 2.48. The van der Waals surface area contributed by atoms with Crippen LogP contribution in [0.3, 0.4) is 0 Å². The fraction of sp³-hybridized carbons (Fsp3) is 0.200. The van der Waals surface area contributed by atoms with Gasteiger partial charge in [0.1, 0.15) is 10.0 Å². The summed E-state index contributed by atoms with van der Waals surface area (Å²) >= 11 is 13.2. The maximum Gasteiger partial charge on any atom is 0.149 e. The van der Waals surface area contributed by atoms with Gasteiger partial charge in [-0.05, 0) is 6.07 Å². The van der Waals surface area contributed by atoms with E-state index < -0.39 is 0 Å². The van der Waals surface area contributed by atoms with E-state index in [-0.39, 0.29) is 0 Å². The number of hydrogen-bond acceptors (Lipinski definition) is 3. The maximum absolute atomic E-state index is 6.06. The molecule has 0 amide bonds. The average molecular weight is 259 g/mol. The Labute approximate surface area is 102 Å². The van der Waals surface area contributed by atoms with Crippen molar-refractivity contribution < 1.29 is 0 Å². The van der Waals surface area contributed by atoms with Crippen LogP contribution in [-0.2, 0) is 6.42 Å². The lowest BCUT2D eigenvalue weighted by atomic mass is 10.2. The van der Waals surface area contributed by atoms with Crippen LogP contribution in [0.15, 0.2) is 24.3 Å². The van der Waals surface area contributed by atoms with Crippen LogP contribution in [0, 0.1) is 0 Å². The van der Waals surface area contributed by atoms with Gasteiger partial charge in [-0.2, -0.15) is 0 Å². The molecule has 15 heavy (non-hydrogen) atoms. The molecule has 0 bridgehead atoms. The zero-order valence-corrected chi connectivity index (χ0v) is 10.1. The minimum atomic E-state index is 0.567. The van der Waals surface area contributed by atoms with Gasteiger partial charge in [0.05, 0.1) is 5.02 Å². The summed E-state index contributed by atoms with van der Waals surface area (Å²) < 4.78 is 0. The number of rotatable bonds is 3. The molecule has 1 heterocycles. The van der Waals surface area contributed by atoms with Gasteiger partial charge < -0.3 is 0 Å². The first kappa shape index (κ1) is 10.9. The van der Waals surface area contributed by atoms with E-state index >= 15 is 0 Å². The van der Waals surface area contributed by atoms with Crippen LogP contribution in [0.5, 0.6) is 0 Å². The van der Waals surface area contributed by atoms with Gasteiger partial charge in [0.25, 0.3) is 0 Å². The largest absolute Gasteiger partial charge is 0.149 e. The van der Waals surface area contributed by atoms with E-state index in [1.807, 2.05) is 24.3 Å². The monoisotopic (exact) mass is 258 g/mol. The number of benzene rings is 1. The lowest BCUT2D eigenvalue weighted by Gasteiger charge is -1.96. The van der Waals surface area contributed by atoms with Gasteiger partial charge in [-0.15, -0.1) is 21.8 Å². The molecule has 2 nitrogen and oxygen atoms in total. The van der Waals surface area contributed by atoms with Crippen molar-refractivity contribution in [3.8, 4) is 10.6 Å². The number of aromatic nitrogens is 2. The second-order valence-corrected chi connectivity index (χ2v) is 4.77. The number of alkyl halides is 1. The van der Waals surface area contributed by atoms with Crippen LogP contribution in [0.4, 0.5) is 0 Å². The first-order chi connectivity index (χ1) is 7.31. The number of hydrogen-bond donors (Lipinski definition) is 0. The minimum absolute atomic E-state index is 0.567. The Morgan fingerprint density at radius 1 is 1.20 bits per heavy atom. The predicted octanol–water partition coefficient (Wildman–Crippen LogP) is 3.64. The summed E-state index contributed by atoms with van der Waals surface area (Å²) in [6.07, 6.45) is 0.754. The Balaban J connectivity index is 2.33. The third-order valence-corrected chi connectivity index (χ3v) is 3.41. The van der Waals surface area contributed by atoms with Crippen LogP contribution >= 0.6 is 34.5 Å². The Bertz CT molecular complexity index is 456.